The van der Waals surface area contributed by atoms with E-state index in [2.05, 4.69) is 6.58 Å². The fourth-order valence-electron chi connectivity index (χ4n) is 4.41. The lowest BCUT2D eigenvalue weighted by Gasteiger charge is -2.33. The van der Waals surface area contributed by atoms with Gasteiger partial charge in [0.05, 0.1) is 18.1 Å². The normalized spacial score (nSPS) is 36.2. The number of ether oxygens (including phenoxy) is 1. The van der Waals surface area contributed by atoms with Gasteiger partial charge >= 0.3 is 5.97 Å². The molecule has 2 saturated heterocycles. The fraction of sp³-hybridized carbons (Fsp3) is 0.368. The van der Waals surface area contributed by atoms with Crippen LogP contribution >= 0.6 is 0 Å². The van der Waals surface area contributed by atoms with E-state index < -0.39 is 29.5 Å². The Kier molecular flexibility index (Phi) is 3.18. The molecule has 0 unspecified atom stereocenters. The second kappa shape index (κ2) is 5.05. The van der Waals surface area contributed by atoms with Gasteiger partial charge in [0.1, 0.15) is 11.5 Å². The third-order valence-corrected chi connectivity index (χ3v) is 5.28. The Morgan fingerprint density at radius 2 is 2.08 bits per heavy atom. The number of hydrogen-bond acceptors (Lipinski definition) is 3. The van der Waals surface area contributed by atoms with Crippen molar-refractivity contribution in [3.05, 3.63) is 54.6 Å². The second-order valence-corrected chi connectivity index (χ2v) is 6.86. The van der Waals surface area contributed by atoms with Gasteiger partial charge in [0, 0.05) is 5.69 Å². The molecule has 0 radical (unpaired) electrons. The zero-order valence-electron chi connectivity index (χ0n) is 13.4. The maximum absolute atomic E-state index is 13.2. The molecule has 1 aromatic rings. The lowest BCUT2D eigenvalue weighted by atomic mass is 9.74. The fourth-order valence-corrected chi connectivity index (χ4v) is 4.41. The molecule has 2 fully saturated rings. The molecule has 5 heteroatoms. The second-order valence-electron chi connectivity index (χ2n) is 6.86. The zero-order valence-corrected chi connectivity index (χ0v) is 13.4. The van der Waals surface area contributed by atoms with E-state index in [1.165, 1.54) is 0 Å². The van der Waals surface area contributed by atoms with Crippen LogP contribution in [0.15, 0.2) is 54.6 Å². The summed E-state index contributed by atoms with van der Waals surface area (Å²) in [5, 5.41) is 9.62. The number of benzene rings is 1. The quantitative estimate of drug-likeness (QED) is 0.863. The maximum Gasteiger partial charge on any atom is 0.310 e. The number of carbonyl (C=O) groups excluding carboxylic acids is 1. The number of carbonyl (C=O) groups is 2. The molecule has 3 aliphatic rings. The molecule has 0 aliphatic carbocycles. The average molecular weight is 325 g/mol. The van der Waals surface area contributed by atoms with E-state index in [0.29, 0.717) is 6.42 Å². The molecule has 1 N–H and O–H groups in total. The van der Waals surface area contributed by atoms with Crippen LogP contribution in [0, 0.1) is 11.8 Å². The summed E-state index contributed by atoms with van der Waals surface area (Å²) in [5.41, 5.74) is 0.824. The first-order valence-corrected chi connectivity index (χ1v) is 8.08. The molecule has 124 valence electrons. The summed E-state index contributed by atoms with van der Waals surface area (Å²) in [5.74, 6) is -2.67. The number of rotatable bonds is 4. The van der Waals surface area contributed by atoms with Gasteiger partial charge in [-0.3, -0.25) is 9.59 Å². The molecule has 3 heterocycles. The summed E-state index contributed by atoms with van der Waals surface area (Å²) in [6.45, 7) is 5.90. The van der Waals surface area contributed by atoms with E-state index in [1.807, 2.05) is 43.3 Å². The Bertz CT molecular complexity index is 756. The van der Waals surface area contributed by atoms with Crippen molar-refractivity contribution < 1.29 is 19.4 Å². The predicted octanol–water partition coefficient (Wildman–Crippen LogP) is 2.39. The number of amides is 1. The van der Waals surface area contributed by atoms with E-state index in [0.717, 1.165) is 11.3 Å². The average Bonchev–Trinajstić information content (AvgIpc) is 3.17. The molecule has 5 nitrogen and oxygen atoms in total. The summed E-state index contributed by atoms with van der Waals surface area (Å²) in [4.78, 5) is 26.7. The van der Waals surface area contributed by atoms with Crippen LogP contribution in [0.5, 0.6) is 0 Å². The molecule has 0 saturated carbocycles. The molecule has 4 rings (SSSR count). The summed E-state index contributed by atoms with van der Waals surface area (Å²) in [7, 11) is 0. The smallest absolute Gasteiger partial charge is 0.310 e. The van der Waals surface area contributed by atoms with Gasteiger partial charge in [-0.05, 0) is 25.5 Å². The molecular weight excluding hydrogens is 306 g/mol. The van der Waals surface area contributed by atoms with Crippen LogP contribution in [0.3, 0.4) is 0 Å². The number of carboxylic acid groups (broad SMARTS) is 1. The Morgan fingerprint density at radius 1 is 1.38 bits per heavy atom. The standard InChI is InChI=1S/C19H19NO4/c1-11(2)10-14-19-9-8-13(24-19)15(18(22)23)16(19)17(21)20(14)12-6-4-3-5-7-12/h3-9,13-16H,1,10H2,2H3,(H,22,23)/t13-,14-,15-,16+,19+/m0/s1. The van der Waals surface area contributed by atoms with Crippen molar-refractivity contribution in [2.45, 2.75) is 31.1 Å². The van der Waals surface area contributed by atoms with Crippen molar-refractivity contribution in [3.63, 3.8) is 0 Å². The van der Waals surface area contributed by atoms with Gasteiger partial charge in [-0.25, -0.2) is 0 Å². The highest BCUT2D eigenvalue weighted by Gasteiger charge is 2.71. The van der Waals surface area contributed by atoms with E-state index >= 15 is 0 Å². The minimum atomic E-state index is -0.978. The first-order valence-electron chi connectivity index (χ1n) is 8.08. The number of nitrogens with zero attached hydrogens (tertiary/aromatic N) is 1. The van der Waals surface area contributed by atoms with Crippen LogP contribution in [0.4, 0.5) is 5.69 Å². The van der Waals surface area contributed by atoms with Crippen LogP contribution in [0.1, 0.15) is 13.3 Å². The molecular formula is C19H19NO4. The first-order chi connectivity index (χ1) is 11.5. The molecule has 3 aliphatic heterocycles. The van der Waals surface area contributed by atoms with Crippen LogP contribution in [0.25, 0.3) is 0 Å². The zero-order chi connectivity index (χ0) is 17.1. The third kappa shape index (κ3) is 1.85. The molecule has 24 heavy (non-hydrogen) atoms. The molecule has 0 aromatic heterocycles. The van der Waals surface area contributed by atoms with E-state index in [-0.39, 0.29) is 11.9 Å². The number of hydrogen-bond donors (Lipinski definition) is 1. The van der Waals surface area contributed by atoms with Crippen LogP contribution in [-0.2, 0) is 14.3 Å². The Morgan fingerprint density at radius 3 is 2.71 bits per heavy atom. The van der Waals surface area contributed by atoms with Gasteiger partial charge in [-0.1, -0.05) is 35.9 Å². The lowest BCUT2D eigenvalue weighted by Crippen LogP contribution is -2.45. The van der Waals surface area contributed by atoms with Crippen molar-refractivity contribution in [2.24, 2.45) is 11.8 Å². The van der Waals surface area contributed by atoms with Crippen molar-refractivity contribution >= 4 is 17.6 Å². The summed E-state index contributed by atoms with van der Waals surface area (Å²) in [6.07, 6.45) is 3.74. The van der Waals surface area contributed by atoms with E-state index in [9.17, 15) is 14.7 Å². The van der Waals surface area contributed by atoms with Gasteiger partial charge in [0.15, 0.2) is 0 Å². The van der Waals surface area contributed by atoms with Crippen LogP contribution in [-0.4, -0.2) is 34.7 Å². The van der Waals surface area contributed by atoms with Gasteiger partial charge in [-0.15, -0.1) is 6.58 Å². The Balaban J connectivity index is 1.85. The van der Waals surface area contributed by atoms with Gasteiger partial charge in [-0.2, -0.15) is 0 Å². The molecule has 1 aromatic carbocycles. The summed E-state index contributed by atoms with van der Waals surface area (Å²) < 4.78 is 6.10. The number of carboxylic acids is 1. The van der Waals surface area contributed by atoms with Gasteiger partial charge in [0.25, 0.3) is 0 Å². The highest BCUT2D eigenvalue weighted by atomic mass is 16.5. The van der Waals surface area contributed by atoms with Crippen molar-refractivity contribution in [2.75, 3.05) is 4.90 Å². The van der Waals surface area contributed by atoms with Gasteiger partial charge in [0.2, 0.25) is 5.91 Å². The Labute approximate surface area is 140 Å². The lowest BCUT2D eigenvalue weighted by molar-refractivity contribution is -0.146. The number of para-hydroxylation sites is 1. The van der Waals surface area contributed by atoms with Crippen molar-refractivity contribution in [3.8, 4) is 0 Å². The van der Waals surface area contributed by atoms with Crippen LogP contribution in [0.2, 0.25) is 0 Å². The minimum absolute atomic E-state index is 0.174. The summed E-state index contributed by atoms with van der Waals surface area (Å²) >= 11 is 0. The largest absolute Gasteiger partial charge is 0.481 e. The summed E-state index contributed by atoms with van der Waals surface area (Å²) in [6, 6.07) is 9.09. The molecule has 5 atom stereocenters. The Hall–Kier alpha value is -2.40. The minimum Gasteiger partial charge on any atom is -0.481 e. The van der Waals surface area contributed by atoms with Crippen molar-refractivity contribution in [1.82, 2.24) is 0 Å². The van der Waals surface area contributed by atoms with E-state index in [1.54, 1.807) is 11.0 Å². The van der Waals surface area contributed by atoms with E-state index in [4.69, 9.17) is 4.74 Å². The maximum atomic E-state index is 13.2. The highest BCUT2D eigenvalue weighted by molar-refractivity contribution is 6.03. The molecule has 1 spiro atoms. The SMILES string of the molecule is C=C(C)C[C@@H]1N(c2ccccc2)C(=O)[C@H]2[C@@H](C(=O)O)[C@@H]3C=C[C@@]12O3. The predicted molar refractivity (Wildman–Crippen MR) is 88.5 cm³/mol. The third-order valence-electron chi connectivity index (χ3n) is 5.28. The van der Waals surface area contributed by atoms with Crippen LogP contribution < -0.4 is 4.90 Å². The number of fused-ring (bicyclic) bond motifs is 1. The molecule has 1 amide bonds. The highest BCUT2D eigenvalue weighted by Crippen LogP contribution is 2.56. The number of aliphatic carboxylic acids is 1. The van der Waals surface area contributed by atoms with Crippen molar-refractivity contribution in [1.29, 1.82) is 0 Å². The first kappa shape index (κ1) is 15.1. The van der Waals surface area contributed by atoms with Gasteiger partial charge < -0.3 is 14.7 Å². The molecule has 2 bridgehead atoms. The monoisotopic (exact) mass is 325 g/mol. The number of anilines is 1. The topological polar surface area (TPSA) is 66.8 Å².